The van der Waals surface area contributed by atoms with Crippen molar-refractivity contribution in [1.82, 2.24) is 9.88 Å². The number of rotatable bonds is 6. The quantitative estimate of drug-likeness (QED) is 0.692. The van der Waals surface area contributed by atoms with Crippen LogP contribution < -0.4 is 15.8 Å². The molecule has 0 atom stereocenters. The first-order valence-electron chi connectivity index (χ1n) is 8.27. The van der Waals surface area contributed by atoms with Gasteiger partial charge >= 0.3 is 5.76 Å². The fourth-order valence-electron chi connectivity index (χ4n) is 2.58. The van der Waals surface area contributed by atoms with Crippen molar-refractivity contribution in [1.29, 1.82) is 0 Å². The van der Waals surface area contributed by atoms with E-state index in [1.807, 2.05) is 31.2 Å². The van der Waals surface area contributed by atoms with Crippen molar-refractivity contribution in [3.63, 3.8) is 0 Å². The molecule has 0 bridgehead atoms. The van der Waals surface area contributed by atoms with Crippen molar-refractivity contribution in [2.75, 3.05) is 13.7 Å². The zero-order valence-corrected chi connectivity index (χ0v) is 14.7. The molecule has 0 aliphatic rings. The number of oxazole rings is 1. The Balaban J connectivity index is 1.60. The molecular weight excluding hydrogens is 332 g/mol. The second-order valence-corrected chi connectivity index (χ2v) is 5.89. The Morgan fingerprint density at radius 2 is 2.00 bits per heavy atom. The summed E-state index contributed by atoms with van der Waals surface area (Å²) in [4.78, 5) is 23.9. The minimum atomic E-state index is -0.460. The van der Waals surface area contributed by atoms with Gasteiger partial charge in [-0.2, -0.15) is 0 Å². The van der Waals surface area contributed by atoms with E-state index in [1.165, 1.54) is 16.2 Å². The Kier molecular flexibility index (Phi) is 5.22. The smallest absolute Gasteiger partial charge is 0.420 e. The standard InChI is InChI=1S/C20H20N2O4/c1-14-3-5-15(6-4-14)7-10-19(23)21-11-12-22-17-9-8-16(25-2)13-18(17)26-20(22)24/h3-10,13H,11-12H2,1-2H3,(H,21,23)/b10-7+. The maximum Gasteiger partial charge on any atom is 0.420 e. The number of methoxy groups -OCH3 is 1. The molecular formula is C20H20N2O4. The Bertz CT molecular complexity index is 997. The number of nitrogens with zero attached hydrogens (tertiary/aromatic N) is 1. The zero-order chi connectivity index (χ0) is 18.5. The molecule has 6 nitrogen and oxygen atoms in total. The number of hydrogen-bond acceptors (Lipinski definition) is 4. The van der Waals surface area contributed by atoms with Crippen molar-refractivity contribution < 1.29 is 13.9 Å². The Labute approximate surface area is 150 Å². The van der Waals surface area contributed by atoms with Gasteiger partial charge in [0.15, 0.2) is 5.58 Å². The molecule has 2 aromatic carbocycles. The molecule has 0 saturated carbocycles. The van der Waals surface area contributed by atoms with Crippen molar-refractivity contribution in [3.05, 3.63) is 70.2 Å². The van der Waals surface area contributed by atoms with E-state index in [4.69, 9.17) is 9.15 Å². The second-order valence-electron chi connectivity index (χ2n) is 5.89. The zero-order valence-electron chi connectivity index (χ0n) is 14.7. The number of ether oxygens (including phenoxy) is 1. The first kappa shape index (κ1) is 17.5. The summed E-state index contributed by atoms with van der Waals surface area (Å²) in [6.07, 6.45) is 3.23. The Hall–Kier alpha value is -3.28. The van der Waals surface area contributed by atoms with E-state index >= 15 is 0 Å². The molecule has 0 aliphatic heterocycles. The van der Waals surface area contributed by atoms with Gasteiger partial charge < -0.3 is 14.5 Å². The van der Waals surface area contributed by atoms with Crippen LogP contribution in [0, 0.1) is 6.92 Å². The number of carbonyl (C=O) groups is 1. The van der Waals surface area contributed by atoms with E-state index in [0.717, 1.165) is 5.56 Å². The van der Waals surface area contributed by atoms with Crippen molar-refractivity contribution >= 4 is 23.1 Å². The number of amides is 1. The van der Waals surface area contributed by atoms with Gasteiger partial charge in [0.05, 0.1) is 12.6 Å². The topological polar surface area (TPSA) is 73.5 Å². The van der Waals surface area contributed by atoms with Gasteiger partial charge in [-0.05, 0) is 30.7 Å². The highest BCUT2D eigenvalue weighted by molar-refractivity contribution is 5.91. The summed E-state index contributed by atoms with van der Waals surface area (Å²) in [7, 11) is 1.55. The number of hydrogen-bond donors (Lipinski definition) is 1. The summed E-state index contributed by atoms with van der Waals surface area (Å²) in [5.74, 6) is -0.0567. The van der Waals surface area contributed by atoms with Crippen LogP contribution in [0.1, 0.15) is 11.1 Å². The number of carbonyl (C=O) groups excluding carboxylic acids is 1. The number of nitrogens with one attached hydrogen (secondary N) is 1. The van der Waals surface area contributed by atoms with Gasteiger partial charge in [-0.15, -0.1) is 0 Å². The number of fused-ring (bicyclic) bond motifs is 1. The first-order valence-corrected chi connectivity index (χ1v) is 8.27. The lowest BCUT2D eigenvalue weighted by atomic mass is 10.1. The van der Waals surface area contributed by atoms with Gasteiger partial charge in [-0.1, -0.05) is 29.8 Å². The average molecular weight is 352 g/mol. The maximum absolute atomic E-state index is 12.0. The number of aryl methyl sites for hydroxylation is 1. The molecule has 1 amide bonds. The van der Waals surface area contributed by atoms with Crippen LogP contribution >= 0.6 is 0 Å². The number of benzene rings is 2. The fraction of sp³-hybridized carbons (Fsp3) is 0.200. The highest BCUT2D eigenvalue weighted by Gasteiger charge is 2.10. The third-order valence-electron chi connectivity index (χ3n) is 4.01. The molecule has 1 heterocycles. The third kappa shape index (κ3) is 4.03. The van der Waals surface area contributed by atoms with Crippen LogP contribution in [0.4, 0.5) is 0 Å². The van der Waals surface area contributed by atoms with Crippen LogP contribution in [-0.4, -0.2) is 24.1 Å². The molecule has 3 aromatic rings. The molecule has 0 unspecified atom stereocenters. The van der Waals surface area contributed by atoms with Gasteiger partial charge in [0, 0.05) is 25.2 Å². The third-order valence-corrected chi connectivity index (χ3v) is 4.01. The molecule has 1 aromatic heterocycles. The second kappa shape index (κ2) is 7.74. The molecule has 134 valence electrons. The molecule has 3 rings (SSSR count). The van der Waals surface area contributed by atoms with E-state index < -0.39 is 5.76 Å². The van der Waals surface area contributed by atoms with Crippen LogP contribution in [0.25, 0.3) is 17.2 Å². The lowest BCUT2D eigenvalue weighted by molar-refractivity contribution is -0.116. The van der Waals surface area contributed by atoms with E-state index in [9.17, 15) is 9.59 Å². The lowest BCUT2D eigenvalue weighted by Gasteiger charge is -2.04. The van der Waals surface area contributed by atoms with Crippen LogP contribution in [-0.2, 0) is 11.3 Å². The van der Waals surface area contributed by atoms with E-state index in [0.29, 0.717) is 29.9 Å². The monoisotopic (exact) mass is 352 g/mol. The van der Waals surface area contributed by atoms with Gasteiger partial charge in [-0.25, -0.2) is 4.79 Å². The predicted molar refractivity (Wildman–Crippen MR) is 100 cm³/mol. The van der Waals surface area contributed by atoms with Crippen molar-refractivity contribution in [2.45, 2.75) is 13.5 Å². The first-order chi connectivity index (χ1) is 12.6. The summed E-state index contributed by atoms with van der Waals surface area (Å²) >= 11 is 0. The minimum Gasteiger partial charge on any atom is -0.497 e. The van der Waals surface area contributed by atoms with Gasteiger partial charge in [0.2, 0.25) is 5.91 Å². The average Bonchev–Trinajstić information content (AvgIpc) is 2.95. The van der Waals surface area contributed by atoms with Crippen LogP contribution in [0.2, 0.25) is 0 Å². The maximum atomic E-state index is 12.0. The molecule has 0 fully saturated rings. The van der Waals surface area contributed by atoms with Gasteiger partial charge in [0.1, 0.15) is 5.75 Å². The molecule has 0 saturated heterocycles. The lowest BCUT2D eigenvalue weighted by Crippen LogP contribution is -2.28. The molecule has 26 heavy (non-hydrogen) atoms. The predicted octanol–water partition coefficient (Wildman–Crippen LogP) is 2.74. The molecule has 0 spiro atoms. The van der Waals surface area contributed by atoms with E-state index in [-0.39, 0.29) is 5.91 Å². The normalized spacial score (nSPS) is 11.2. The molecule has 6 heteroatoms. The summed E-state index contributed by atoms with van der Waals surface area (Å²) in [6.45, 7) is 2.65. The largest absolute Gasteiger partial charge is 0.497 e. The van der Waals surface area contributed by atoms with Gasteiger partial charge in [0.25, 0.3) is 0 Å². The fourth-order valence-corrected chi connectivity index (χ4v) is 2.58. The molecule has 1 N–H and O–H groups in total. The highest BCUT2D eigenvalue weighted by Crippen LogP contribution is 2.19. The highest BCUT2D eigenvalue weighted by atomic mass is 16.5. The SMILES string of the molecule is COc1ccc2c(c1)oc(=O)n2CCNC(=O)/C=C/c1ccc(C)cc1. The molecule has 0 aliphatic carbocycles. The van der Waals surface area contributed by atoms with Crippen molar-refractivity contribution in [3.8, 4) is 5.75 Å². The van der Waals surface area contributed by atoms with Crippen LogP contribution in [0.5, 0.6) is 5.75 Å². The van der Waals surface area contributed by atoms with E-state index in [1.54, 1.807) is 31.4 Å². The van der Waals surface area contributed by atoms with E-state index in [2.05, 4.69) is 5.32 Å². The Morgan fingerprint density at radius 1 is 1.23 bits per heavy atom. The Morgan fingerprint density at radius 3 is 2.73 bits per heavy atom. The van der Waals surface area contributed by atoms with Gasteiger partial charge in [-0.3, -0.25) is 9.36 Å². The van der Waals surface area contributed by atoms with Crippen molar-refractivity contribution in [2.24, 2.45) is 0 Å². The number of aromatic nitrogens is 1. The summed E-state index contributed by atoms with van der Waals surface area (Å²) in [6, 6.07) is 13.1. The summed E-state index contributed by atoms with van der Waals surface area (Å²) in [5, 5.41) is 2.77. The molecule has 0 radical (unpaired) electrons. The summed E-state index contributed by atoms with van der Waals surface area (Å²) in [5.41, 5.74) is 3.25. The van der Waals surface area contributed by atoms with Crippen LogP contribution in [0.3, 0.4) is 0 Å². The summed E-state index contributed by atoms with van der Waals surface area (Å²) < 4.78 is 11.8. The van der Waals surface area contributed by atoms with Crippen LogP contribution in [0.15, 0.2) is 57.8 Å². The minimum absolute atomic E-state index is 0.215.